The second-order valence-corrected chi connectivity index (χ2v) is 5.60. The number of nitro groups is 1. The zero-order valence-corrected chi connectivity index (χ0v) is 13.8. The van der Waals surface area contributed by atoms with Crippen molar-refractivity contribution in [2.45, 2.75) is 6.92 Å². The van der Waals surface area contributed by atoms with Crippen LogP contribution < -0.4 is 5.32 Å². The van der Waals surface area contributed by atoms with Crippen LogP contribution in [0.15, 0.2) is 48.7 Å². The summed E-state index contributed by atoms with van der Waals surface area (Å²) < 4.78 is 5.03. The second-order valence-electron chi connectivity index (χ2n) is 5.60. The highest BCUT2D eigenvalue weighted by atomic mass is 16.6. The van der Waals surface area contributed by atoms with Gasteiger partial charge in [0.1, 0.15) is 5.69 Å². The molecule has 0 aliphatic rings. The van der Waals surface area contributed by atoms with Crippen LogP contribution in [0.3, 0.4) is 0 Å². The van der Waals surface area contributed by atoms with Gasteiger partial charge in [-0.15, -0.1) is 0 Å². The number of anilines is 1. The van der Waals surface area contributed by atoms with E-state index in [1.165, 1.54) is 18.3 Å². The molecule has 2 aromatic carbocycles. The molecule has 0 unspecified atom stereocenters. The molecular weight excluding hydrogens is 338 g/mol. The van der Waals surface area contributed by atoms with E-state index < -0.39 is 23.4 Å². The van der Waals surface area contributed by atoms with Crippen molar-refractivity contribution >= 4 is 34.2 Å². The SMILES string of the molecule is Cc1cccc([N+](=O)[O-])c1NC(=O)COC(=O)c1c[nH]c2ccccc12. The third-order valence-electron chi connectivity index (χ3n) is 3.86. The van der Waals surface area contributed by atoms with E-state index in [2.05, 4.69) is 10.3 Å². The molecule has 0 aliphatic carbocycles. The van der Waals surface area contributed by atoms with E-state index in [-0.39, 0.29) is 11.4 Å². The van der Waals surface area contributed by atoms with Crippen LogP contribution in [0.5, 0.6) is 0 Å². The van der Waals surface area contributed by atoms with E-state index in [1.807, 2.05) is 12.1 Å². The highest BCUT2D eigenvalue weighted by Crippen LogP contribution is 2.27. The van der Waals surface area contributed by atoms with Gasteiger partial charge in [-0.2, -0.15) is 0 Å². The minimum absolute atomic E-state index is 0.0886. The van der Waals surface area contributed by atoms with Crippen LogP contribution in [0.25, 0.3) is 10.9 Å². The van der Waals surface area contributed by atoms with Gasteiger partial charge in [0, 0.05) is 23.2 Å². The number of fused-ring (bicyclic) bond motifs is 1. The fraction of sp³-hybridized carbons (Fsp3) is 0.111. The number of aromatic amines is 1. The predicted octanol–water partition coefficient (Wildman–Crippen LogP) is 3.18. The largest absolute Gasteiger partial charge is 0.452 e. The van der Waals surface area contributed by atoms with Crippen LogP contribution in [-0.4, -0.2) is 28.4 Å². The molecule has 3 aromatic rings. The molecule has 1 heterocycles. The van der Waals surface area contributed by atoms with E-state index in [1.54, 1.807) is 25.1 Å². The van der Waals surface area contributed by atoms with Crippen molar-refractivity contribution in [3.05, 3.63) is 69.9 Å². The van der Waals surface area contributed by atoms with E-state index in [9.17, 15) is 19.7 Å². The normalized spacial score (nSPS) is 10.5. The van der Waals surface area contributed by atoms with Crippen molar-refractivity contribution in [2.24, 2.45) is 0 Å². The molecule has 0 fully saturated rings. The molecule has 0 spiro atoms. The monoisotopic (exact) mass is 353 g/mol. The molecule has 1 amide bonds. The number of rotatable bonds is 5. The molecule has 26 heavy (non-hydrogen) atoms. The summed E-state index contributed by atoms with van der Waals surface area (Å²) in [6.45, 7) is 1.09. The second kappa shape index (κ2) is 7.06. The number of hydrogen-bond donors (Lipinski definition) is 2. The average molecular weight is 353 g/mol. The summed E-state index contributed by atoms with van der Waals surface area (Å²) in [5.74, 6) is -1.31. The number of amides is 1. The van der Waals surface area contributed by atoms with Gasteiger partial charge in [0.2, 0.25) is 0 Å². The number of para-hydroxylation sites is 2. The van der Waals surface area contributed by atoms with Crippen molar-refractivity contribution in [1.29, 1.82) is 0 Å². The standard InChI is InChI=1S/C18H15N3O5/c1-11-5-4-8-15(21(24)25)17(11)20-16(22)10-26-18(23)13-9-19-14-7-3-2-6-12(13)14/h2-9,19H,10H2,1H3,(H,20,22). The Kier molecular flexibility index (Phi) is 4.66. The molecule has 8 nitrogen and oxygen atoms in total. The van der Waals surface area contributed by atoms with Crippen molar-refractivity contribution in [2.75, 3.05) is 11.9 Å². The van der Waals surface area contributed by atoms with Crippen LogP contribution in [-0.2, 0) is 9.53 Å². The first-order valence-electron chi connectivity index (χ1n) is 7.74. The number of H-pyrrole nitrogens is 1. The summed E-state index contributed by atoms with van der Waals surface area (Å²) in [6, 6.07) is 11.7. The van der Waals surface area contributed by atoms with Gasteiger partial charge in [0.05, 0.1) is 10.5 Å². The minimum Gasteiger partial charge on any atom is -0.452 e. The molecule has 3 rings (SSSR count). The summed E-state index contributed by atoms with van der Waals surface area (Å²) in [4.78, 5) is 37.7. The lowest BCUT2D eigenvalue weighted by molar-refractivity contribution is -0.384. The van der Waals surface area contributed by atoms with Crippen molar-refractivity contribution in [3.8, 4) is 0 Å². The summed E-state index contributed by atoms with van der Waals surface area (Å²) in [7, 11) is 0. The lowest BCUT2D eigenvalue weighted by atomic mass is 10.1. The van der Waals surface area contributed by atoms with E-state index in [4.69, 9.17) is 4.74 Å². The van der Waals surface area contributed by atoms with Gasteiger partial charge in [-0.3, -0.25) is 14.9 Å². The van der Waals surface area contributed by atoms with E-state index >= 15 is 0 Å². The predicted molar refractivity (Wildman–Crippen MR) is 95.0 cm³/mol. The number of carbonyl (C=O) groups is 2. The molecule has 0 saturated carbocycles. The van der Waals surface area contributed by atoms with Crippen LogP contribution in [0, 0.1) is 17.0 Å². The number of nitrogens with zero attached hydrogens (tertiary/aromatic N) is 1. The fourth-order valence-corrected chi connectivity index (χ4v) is 2.59. The summed E-state index contributed by atoms with van der Waals surface area (Å²) in [5, 5.41) is 14.2. The molecule has 0 aliphatic heterocycles. The number of ether oxygens (including phenoxy) is 1. The number of aryl methyl sites for hydroxylation is 1. The fourth-order valence-electron chi connectivity index (χ4n) is 2.59. The van der Waals surface area contributed by atoms with Gasteiger partial charge >= 0.3 is 5.97 Å². The topological polar surface area (TPSA) is 114 Å². The van der Waals surface area contributed by atoms with Crippen LogP contribution in [0.1, 0.15) is 15.9 Å². The highest BCUT2D eigenvalue weighted by molar-refractivity contribution is 6.05. The number of nitrogens with one attached hydrogen (secondary N) is 2. The van der Waals surface area contributed by atoms with Crippen molar-refractivity contribution in [3.63, 3.8) is 0 Å². The number of carbonyl (C=O) groups excluding carboxylic acids is 2. The van der Waals surface area contributed by atoms with Crippen LogP contribution >= 0.6 is 0 Å². The molecule has 0 atom stereocenters. The van der Waals surface area contributed by atoms with Gasteiger partial charge in [0.25, 0.3) is 11.6 Å². The Morgan fingerprint density at radius 2 is 1.96 bits per heavy atom. The Morgan fingerprint density at radius 3 is 2.73 bits per heavy atom. The maximum absolute atomic E-state index is 12.2. The molecule has 0 bridgehead atoms. The van der Waals surface area contributed by atoms with Crippen molar-refractivity contribution < 1.29 is 19.2 Å². The minimum atomic E-state index is -0.657. The smallest absolute Gasteiger partial charge is 0.340 e. The maximum atomic E-state index is 12.2. The Morgan fingerprint density at radius 1 is 1.19 bits per heavy atom. The summed E-state index contributed by atoms with van der Waals surface area (Å²) in [5.41, 5.74) is 1.50. The van der Waals surface area contributed by atoms with Gasteiger partial charge in [-0.1, -0.05) is 30.3 Å². The zero-order valence-electron chi connectivity index (χ0n) is 13.8. The average Bonchev–Trinajstić information content (AvgIpc) is 3.05. The summed E-state index contributed by atoms with van der Waals surface area (Å²) >= 11 is 0. The van der Waals surface area contributed by atoms with Gasteiger partial charge in [0.15, 0.2) is 6.61 Å². The first kappa shape index (κ1) is 17.2. The third-order valence-corrected chi connectivity index (χ3v) is 3.86. The highest BCUT2D eigenvalue weighted by Gasteiger charge is 2.19. The van der Waals surface area contributed by atoms with Crippen molar-refractivity contribution in [1.82, 2.24) is 4.98 Å². The first-order valence-corrected chi connectivity index (χ1v) is 7.74. The number of aromatic nitrogens is 1. The van der Waals surface area contributed by atoms with E-state index in [0.29, 0.717) is 16.5 Å². The summed E-state index contributed by atoms with van der Waals surface area (Å²) in [6.07, 6.45) is 1.51. The molecule has 8 heteroatoms. The lowest BCUT2D eigenvalue weighted by Gasteiger charge is -2.09. The number of benzene rings is 2. The molecule has 1 aromatic heterocycles. The van der Waals surface area contributed by atoms with Gasteiger partial charge < -0.3 is 15.0 Å². The zero-order chi connectivity index (χ0) is 18.7. The Bertz CT molecular complexity index is 1010. The van der Waals surface area contributed by atoms with E-state index in [0.717, 1.165) is 5.52 Å². The third kappa shape index (κ3) is 3.39. The molecule has 0 saturated heterocycles. The van der Waals surface area contributed by atoms with Gasteiger partial charge in [-0.05, 0) is 18.6 Å². The lowest BCUT2D eigenvalue weighted by Crippen LogP contribution is -2.21. The Labute approximate surface area is 147 Å². The number of hydrogen-bond acceptors (Lipinski definition) is 5. The van der Waals surface area contributed by atoms with Crippen LogP contribution in [0.4, 0.5) is 11.4 Å². The molecule has 0 radical (unpaired) electrons. The van der Waals surface area contributed by atoms with Gasteiger partial charge in [-0.25, -0.2) is 4.79 Å². The molecule has 132 valence electrons. The maximum Gasteiger partial charge on any atom is 0.340 e. The Hall–Kier alpha value is -3.68. The number of esters is 1. The first-order chi connectivity index (χ1) is 12.5. The number of nitro benzene ring substituents is 1. The molecule has 2 N–H and O–H groups in total. The van der Waals surface area contributed by atoms with Crippen LogP contribution in [0.2, 0.25) is 0 Å². The Balaban J connectivity index is 1.68. The quantitative estimate of drug-likeness (QED) is 0.415. The molecular formula is C18H15N3O5.